The van der Waals surface area contributed by atoms with E-state index in [1.54, 1.807) is 7.11 Å². The fraction of sp³-hybridized carbons (Fsp3) is 0.500. The summed E-state index contributed by atoms with van der Waals surface area (Å²) in [7, 11) is 1.63. The van der Waals surface area contributed by atoms with Gasteiger partial charge in [-0.15, -0.1) is 0 Å². The Balaban J connectivity index is 2.62. The van der Waals surface area contributed by atoms with Crippen LogP contribution in [0, 0.1) is 0 Å². The van der Waals surface area contributed by atoms with Crippen molar-refractivity contribution in [1.29, 1.82) is 0 Å². The number of hydrogen-bond donors (Lipinski definition) is 0. The van der Waals surface area contributed by atoms with Crippen LogP contribution in [-0.2, 0) is 11.3 Å². The molecule has 4 nitrogen and oxygen atoms in total. The molecule has 1 rings (SSSR count). The maximum absolute atomic E-state index is 11.2. The number of rotatable bonds is 4. The molecule has 5 heteroatoms. The van der Waals surface area contributed by atoms with Gasteiger partial charge in [-0.25, -0.2) is 4.98 Å². The van der Waals surface area contributed by atoms with Crippen molar-refractivity contribution in [2.24, 2.45) is 0 Å². The fourth-order valence-corrected chi connectivity index (χ4v) is 1.09. The third-order valence-electron chi connectivity index (χ3n) is 1.59. The predicted molar refractivity (Wildman–Crippen MR) is 50.0 cm³/mol. The van der Waals surface area contributed by atoms with E-state index in [9.17, 15) is 4.79 Å². The van der Waals surface area contributed by atoms with Gasteiger partial charge < -0.3 is 4.74 Å². The van der Waals surface area contributed by atoms with Crippen molar-refractivity contribution < 1.29 is 4.74 Å². The summed E-state index contributed by atoms with van der Waals surface area (Å²) in [5.41, 5.74) is -0.129. The molecule has 0 radical (unpaired) electrons. The van der Waals surface area contributed by atoms with Crippen molar-refractivity contribution in [3.8, 4) is 0 Å². The normalized spacial score (nSPS) is 10.3. The molecule has 13 heavy (non-hydrogen) atoms. The van der Waals surface area contributed by atoms with Crippen molar-refractivity contribution >= 4 is 11.6 Å². The SMILES string of the molecule is COCCCn1cnc(Cl)cc1=O. The first kappa shape index (κ1) is 10.2. The molecule has 0 amide bonds. The molecular formula is C8H11ClN2O2. The monoisotopic (exact) mass is 202 g/mol. The Bertz CT molecular complexity index is 324. The Morgan fingerprint density at radius 3 is 3.08 bits per heavy atom. The van der Waals surface area contributed by atoms with E-state index in [4.69, 9.17) is 16.3 Å². The summed E-state index contributed by atoms with van der Waals surface area (Å²) in [6.45, 7) is 1.24. The molecule has 0 unspecified atom stereocenters. The lowest BCUT2D eigenvalue weighted by Crippen LogP contribution is -2.19. The molecule has 0 atom stereocenters. The van der Waals surface area contributed by atoms with Crippen LogP contribution in [-0.4, -0.2) is 23.3 Å². The quantitative estimate of drug-likeness (QED) is 0.539. The summed E-state index contributed by atoms with van der Waals surface area (Å²) in [4.78, 5) is 15.0. The Kier molecular flexibility index (Phi) is 3.92. The second-order valence-electron chi connectivity index (χ2n) is 2.59. The second kappa shape index (κ2) is 4.99. The van der Waals surface area contributed by atoms with E-state index in [1.807, 2.05) is 0 Å². The second-order valence-corrected chi connectivity index (χ2v) is 2.98. The van der Waals surface area contributed by atoms with Crippen LogP contribution in [0.4, 0.5) is 0 Å². The molecule has 1 aromatic heterocycles. The lowest BCUT2D eigenvalue weighted by atomic mass is 10.4. The van der Waals surface area contributed by atoms with Gasteiger partial charge >= 0.3 is 0 Å². The highest BCUT2D eigenvalue weighted by Crippen LogP contribution is 1.96. The highest BCUT2D eigenvalue weighted by Gasteiger charge is 1.96. The lowest BCUT2D eigenvalue weighted by molar-refractivity contribution is 0.190. The van der Waals surface area contributed by atoms with Crippen LogP contribution in [0.25, 0.3) is 0 Å². The van der Waals surface area contributed by atoms with Crippen LogP contribution in [0.15, 0.2) is 17.2 Å². The highest BCUT2D eigenvalue weighted by molar-refractivity contribution is 6.29. The molecule has 1 aromatic rings. The van der Waals surface area contributed by atoms with Crippen LogP contribution in [0.1, 0.15) is 6.42 Å². The van der Waals surface area contributed by atoms with Crippen LogP contribution >= 0.6 is 11.6 Å². The third kappa shape index (κ3) is 3.16. The minimum absolute atomic E-state index is 0.129. The van der Waals surface area contributed by atoms with Gasteiger partial charge in [-0.05, 0) is 6.42 Å². The minimum Gasteiger partial charge on any atom is -0.385 e. The number of aryl methyl sites for hydroxylation is 1. The Hall–Kier alpha value is -0.870. The number of ether oxygens (including phenoxy) is 1. The van der Waals surface area contributed by atoms with E-state index < -0.39 is 0 Å². The smallest absolute Gasteiger partial charge is 0.254 e. The van der Waals surface area contributed by atoms with Gasteiger partial charge in [-0.2, -0.15) is 0 Å². The molecular weight excluding hydrogens is 192 g/mol. The maximum Gasteiger partial charge on any atom is 0.254 e. The van der Waals surface area contributed by atoms with Gasteiger partial charge in [0.1, 0.15) is 5.15 Å². The molecule has 72 valence electrons. The number of methoxy groups -OCH3 is 1. The van der Waals surface area contributed by atoms with Crippen molar-refractivity contribution in [3.63, 3.8) is 0 Å². The zero-order chi connectivity index (χ0) is 9.68. The average Bonchev–Trinajstić information content (AvgIpc) is 2.09. The first-order valence-corrected chi connectivity index (χ1v) is 4.33. The summed E-state index contributed by atoms with van der Waals surface area (Å²) in [5, 5.41) is 0.230. The number of halogens is 1. The summed E-state index contributed by atoms with van der Waals surface area (Å²) in [5.74, 6) is 0. The van der Waals surface area contributed by atoms with Crippen LogP contribution in [0.2, 0.25) is 5.15 Å². The topological polar surface area (TPSA) is 44.1 Å². The number of hydrogen-bond acceptors (Lipinski definition) is 3. The van der Waals surface area contributed by atoms with E-state index in [1.165, 1.54) is 17.0 Å². The zero-order valence-electron chi connectivity index (χ0n) is 7.36. The molecule has 0 bridgehead atoms. The van der Waals surface area contributed by atoms with Gasteiger partial charge in [0.15, 0.2) is 0 Å². The fourth-order valence-electron chi connectivity index (χ4n) is 0.951. The lowest BCUT2D eigenvalue weighted by Gasteiger charge is -2.03. The van der Waals surface area contributed by atoms with E-state index in [2.05, 4.69) is 4.98 Å². The molecule has 0 aromatic carbocycles. The van der Waals surface area contributed by atoms with Gasteiger partial charge in [0.2, 0.25) is 0 Å². The van der Waals surface area contributed by atoms with Gasteiger partial charge in [-0.3, -0.25) is 9.36 Å². The number of aromatic nitrogens is 2. The zero-order valence-corrected chi connectivity index (χ0v) is 8.12. The molecule has 1 heterocycles. The van der Waals surface area contributed by atoms with Crippen LogP contribution in [0.3, 0.4) is 0 Å². The standard InChI is InChI=1S/C8H11ClN2O2/c1-13-4-2-3-11-6-10-7(9)5-8(11)12/h5-6H,2-4H2,1H3. The van der Waals surface area contributed by atoms with Crippen molar-refractivity contribution in [3.05, 3.63) is 27.9 Å². The predicted octanol–water partition coefficient (Wildman–Crippen LogP) is 0.933. The first-order chi connectivity index (χ1) is 6.24. The molecule has 0 saturated heterocycles. The van der Waals surface area contributed by atoms with Gasteiger partial charge in [0.05, 0.1) is 6.33 Å². The molecule has 0 saturated carbocycles. The number of nitrogens with zero attached hydrogens (tertiary/aromatic N) is 2. The van der Waals surface area contributed by atoms with Crippen molar-refractivity contribution in [1.82, 2.24) is 9.55 Å². The molecule has 0 aliphatic rings. The van der Waals surface area contributed by atoms with E-state index in [0.29, 0.717) is 13.2 Å². The van der Waals surface area contributed by atoms with E-state index >= 15 is 0 Å². The van der Waals surface area contributed by atoms with Crippen LogP contribution < -0.4 is 5.56 Å². The Morgan fingerprint density at radius 1 is 1.69 bits per heavy atom. The minimum atomic E-state index is -0.129. The summed E-state index contributed by atoms with van der Waals surface area (Å²) >= 11 is 5.53. The van der Waals surface area contributed by atoms with Gasteiger partial charge in [0.25, 0.3) is 5.56 Å². The molecule has 0 N–H and O–H groups in total. The summed E-state index contributed by atoms with van der Waals surface area (Å²) in [6.07, 6.45) is 2.24. The Labute approximate surface area is 81.1 Å². The summed E-state index contributed by atoms with van der Waals surface area (Å²) < 4.78 is 6.37. The average molecular weight is 203 g/mol. The van der Waals surface area contributed by atoms with Crippen molar-refractivity contribution in [2.45, 2.75) is 13.0 Å². The molecule has 0 aliphatic carbocycles. The van der Waals surface area contributed by atoms with Crippen LogP contribution in [0.5, 0.6) is 0 Å². The van der Waals surface area contributed by atoms with E-state index in [-0.39, 0.29) is 10.7 Å². The third-order valence-corrected chi connectivity index (χ3v) is 1.80. The largest absolute Gasteiger partial charge is 0.385 e. The summed E-state index contributed by atoms with van der Waals surface area (Å²) in [6, 6.07) is 1.30. The van der Waals surface area contributed by atoms with Gasteiger partial charge in [0, 0.05) is 26.3 Å². The van der Waals surface area contributed by atoms with E-state index in [0.717, 1.165) is 6.42 Å². The molecule has 0 fully saturated rings. The van der Waals surface area contributed by atoms with Gasteiger partial charge in [-0.1, -0.05) is 11.6 Å². The maximum atomic E-state index is 11.2. The Morgan fingerprint density at radius 2 is 2.46 bits per heavy atom. The highest BCUT2D eigenvalue weighted by atomic mass is 35.5. The van der Waals surface area contributed by atoms with Crippen molar-refractivity contribution in [2.75, 3.05) is 13.7 Å². The molecule has 0 spiro atoms. The first-order valence-electron chi connectivity index (χ1n) is 3.95. The molecule has 0 aliphatic heterocycles.